The van der Waals surface area contributed by atoms with E-state index in [-0.39, 0.29) is 30.3 Å². The highest BCUT2D eigenvalue weighted by molar-refractivity contribution is 7.89. The van der Waals surface area contributed by atoms with E-state index in [0.29, 0.717) is 11.5 Å². The fourth-order valence-corrected chi connectivity index (χ4v) is 4.06. The lowest BCUT2D eigenvalue weighted by Gasteiger charge is -2.33. The molecule has 3 rings (SSSR count). The van der Waals surface area contributed by atoms with E-state index < -0.39 is 16.1 Å². The minimum absolute atomic E-state index is 0.0338. The van der Waals surface area contributed by atoms with Gasteiger partial charge >= 0.3 is 0 Å². The number of aromatic amines is 1. The second-order valence-corrected chi connectivity index (χ2v) is 7.18. The number of hydrogen-bond acceptors (Lipinski definition) is 6. The topological polar surface area (TPSA) is 110 Å². The summed E-state index contributed by atoms with van der Waals surface area (Å²) in [6.07, 6.45) is 2.87. The largest absolute Gasteiger partial charge is 0.378 e. The summed E-state index contributed by atoms with van der Waals surface area (Å²) in [6, 6.07) is 0.643. The number of nitrogens with one attached hydrogen (secondary N) is 1. The predicted octanol–water partition coefficient (Wildman–Crippen LogP) is -0.426. The minimum Gasteiger partial charge on any atom is -0.378 e. The molecule has 0 saturated carbocycles. The molecule has 1 atom stereocenters. The van der Waals surface area contributed by atoms with Crippen molar-refractivity contribution in [3.63, 3.8) is 0 Å². The van der Waals surface area contributed by atoms with Gasteiger partial charge in [0, 0.05) is 25.9 Å². The summed E-state index contributed by atoms with van der Waals surface area (Å²) < 4.78 is 33.9. The Balaban J connectivity index is 2.03. The maximum atomic E-state index is 12.8. The van der Waals surface area contributed by atoms with E-state index in [1.54, 1.807) is 18.5 Å². The number of H-pyrrole nitrogens is 1. The fourth-order valence-electron chi connectivity index (χ4n) is 2.52. The Labute approximate surface area is 133 Å². The third-order valence-electron chi connectivity index (χ3n) is 3.55. The van der Waals surface area contributed by atoms with Crippen molar-refractivity contribution in [1.29, 1.82) is 0 Å². The summed E-state index contributed by atoms with van der Waals surface area (Å²) in [5.74, 6) is 0.424. The summed E-state index contributed by atoms with van der Waals surface area (Å²) in [4.78, 5) is 22.4. The van der Waals surface area contributed by atoms with E-state index in [1.807, 2.05) is 0 Å². The van der Waals surface area contributed by atoms with Crippen LogP contribution >= 0.6 is 0 Å². The minimum atomic E-state index is -3.80. The van der Waals surface area contributed by atoms with E-state index in [0.717, 1.165) is 0 Å². The highest BCUT2D eigenvalue weighted by atomic mass is 32.2. The van der Waals surface area contributed by atoms with E-state index in [2.05, 4.69) is 15.0 Å². The second-order valence-electron chi connectivity index (χ2n) is 5.34. The quantitative estimate of drug-likeness (QED) is 0.813. The molecule has 2 aromatic heterocycles. The molecule has 0 bridgehead atoms. The van der Waals surface area contributed by atoms with Crippen LogP contribution in [0.5, 0.6) is 0 Å². The SMILES string of the molecule is Cc1nc(C2COCCN2S(=O)(=O)c2cn(C)cn2)cc(=O)[nH]1. The molecule has 1 N–H and O–H groups in total. The number of aromatic nitrogens is 4. The van der Waals surface area contributed by atoms with Crippen molar-refractivity contribution < 1.29 is 13.2 Å². The molecule has 9 nitrogen and oxygen atoms in total. The van der Waals surface area contributed by atoms with Crippen LogP contribution in [0.1, 0.15) is 17.6 Å². The van der Waals surface area contributed by atoms with E-state index in [4.69, 9.17) is 4.74 Å². The average molecular weight is 339 g/mol. The first-order valence-corrected chi connectivity index (χ1v) is 8.47. The van der Waals surface area contributed by atoms with Crippen molar-refractivity contribution >= 4 is 10.0 Å². The van der Waals surface area contributed by atoms with Gasteiger partial charge in [0.25, 0.3) is 15.6 Å². The van der Waals surface area contributed by atoms with Crippen LogP contribution < -0.4 is 5.56 Å². The van der Waals surface area contributed by atoms with Crippen LogP contribution in [0.3, 0.4) is 0 Å². The second kappa shape index (κ2) is 5.87. The van der Waals surface area contributed by atoms with Gasteiger partial charge in [-0.25, -0.2) is 18.4 Å². The standard InChI is InChI=1S/C13H17N5O4S/c1-9-15-10(5-12(19)16-9)11-7-22-4-3-18(11)23(20,21)13-6-17(2)8-14-13/h5-6,8,11H,3-4,7H2,1-2H3,(H,15,16,19). The Morgan fingerprint density at radius 2 is 2.22 bits per heavy atom. The lowest BCUT2D eigenvalue weighted by atomic mass is 10.2. The van der Waals surface area contributed by atoms with E-state index >= 15 is 0 Å². The Hall–Kier alpha value is -2.04. The summed E-state index contributed by atoms with van der Waals surface area (Å²) >= 11 is 0. The molecule has 1 aliphatic rings. The summed E-state index contributed by atoms with van der Waals surface area (Å²) in [5, 5.41) is -0.0338. The molecule has 0 aliphatic carbocycles. The zero-order valence-electron chi connectivity index (χ0n) is 12.8. The van der Waals surface area contributed by atoms with Gasteiger partial charge in [-0.2, -0.15) is 4.31 Å². The van der Waals surface area contributed by atoms with Crippen molar-refractivity contribution in [1.82, 2.24) is 23.8 Å². The molecule has 0 amide bonds. The first kappa shape index (κ1) is 15.8. The van der Waals surface area contributed by atoms with Crippen molar-refractivity contribution in [2.75, 3.05) is 19.8 Å². The third kappa shape index (κ3) is 3.05. The normalized spacial score (nSPS) is 19.8. The summed E-state index contributed by atoms with van der Waals surface area (Å²) in [6.45, 7) is 2.25. The number of aryl methyl sites for hydroxylation is 2. The molecule has 0 radical (unpaired) electrons. The van der Waals surface area contributed by atoms with Gasteiger partial charge < -0.3 is 14.3 Å². The van der Waals surface area contributed by atoms with Crippen LogP contribution in [-0.4, -0.2) is 52.0 Å². The highest BCUT2D eigenvalue weighted by Crippen LogP contribution is 2.28. The fraction of sp³-hybridized carbons (Fsp3) is 0.462. The number of morpholine rings is 1. The molecule has 1 saturated heterocycles. The summed E-state index contributed by atoms with van der Waals surface area (Å²) in [7, 11) is -2.10. The van der Waals surface area contributed by atoms with Crippen molar-refractivity contribution in [2.24, 2.45) is 7.05 Å². The zero-order valence-corrected chi connectivity index (χ0v) is 13.6. The van der Waals surface area contributed by atoms with Crippen LogP contribution in [0.25, 0.3) is 0 Å². The summed E-state index contributed by atoms with van der Waals surface area (Å²) in [5.41, 5.74) is 0.0405. The van der Waals surface area contributed by atoms with Gasteiger partial charge in [-0.3, -0.25) is 4.79 Å². The molecule has 124 valence electrons. The number of nitrogens with zero attached hydrogens (tertiary/aromatic N) is 4. The molecule has 1 unspecified atom stereocenters. The molecule has 10 heteroatoms. The number of rotatable bonds is 3. The molecular weight excluding hydrogens is 322 g/mol. The smallest absolute Gasteiger partial charge is 0.262 e. The molecule has 2 aromatic rings. The number of sulfonamides is 1. The molecule has 3 heterocycles. The van der Waals surface area contributed by atoms with Gasteiger partial charge in [0.1, 0.15) is 5.82 Å². The zero-order chi connectivity index (χ0) is 16.6. The Morgan fingerprint density at radius 1 is 1.43 bits per heavy atom. The Bertz CT molecular complexity index is 872. The van der Waals surface area contributed by atoms with E-state index in [9.17, 15) is 13.2 Å². The van der Waals surface area contributed by atoms with Crippen LogP contribution in [0, 0.1) is 6.92 Å². The van der Waals surface area contributed by atoms with Crippen LogP contribution in [0.2, 0.25) is 0 Å². The molecule has 23 heavy (non-hydrogen) atoms. The number of ether oxygens (including phenoxy) is 1. The van der Waals surface area contributed by atoms with Crippen molar-refractivity contribution in [3.8, 4) is 0 Å². The maximum Gasteiger partial charge on any atom is 0.262 e. The van der Waals surface area contributed by atoms with Gasteiger partial charge in [-0.1, -0.05) is 0 Å². The van der Waals surface area contributed by atoms with Gasteiger partial charge in [-0.15, -0.1) is 0 Å². The lowest BCUT2D eigenvalue weighted by Crippen LogP contribution is -2.44. The lowest BCUT2D eigenvalue weighted by molar-refractivity contribution is 0.0303. The molecule has 0 spiro atoms. The maximum absolute atomic E-state index is 12.8. The van der Waals surface area contributed by atoms with Gasteiger partial charge in [-0.05, 0) is 6.92 Å². The highest BCUT2D eigenvalue weighted by Gasteiger charge is 2.37. The van der Waals surface area contributed by atoms with Gasteiger partial charge in [0.05, 0.1) is 31.3 Å². The Kier molecular flexibility index (Phi) is 4.04. The predicted molar refractivity (Wildman–Crippen MR) is 80.3 cm³/mol. The number of imidazole rings is 1. The molecule has 1 aliphatic heterocycles. The van der Waals surface area contributed by atoms with Crippen LogP contribution in [-0.2, 0) is 21.8 Å². The molecule has 1 fully saturated rings. The number of hydrogen-bond donors (Lipinski definition) is 1. The van der Waals surface area contributed by atoms with Crippen molar-refractivity contribution in [3.05, 3.63) is 40.5 Å². The average Bonchev–Trinajstić information content (AvgIpc) is 2.94. The first-order valence-electron chi connectivity index (χ1n) is 7.03. The monoisotopic (exact) mass is 339 g/mol. The van der Waals surface area contributed by atoms with Gasteiger partial charge in [0.15, 0.2) is 5.03 Å². The first-order chi connectivity index (χ1) is 10.9. The van der Waals surface area contributed by atoms with Crippen LogP contribution in [0.4, 0.5) is 0 Å². The Morgan fingerprint density at radius 3 is 2.87 bits per heavy atom. The van der Waals surface area contributed by atoms with Crippen molar-refractivity contribution in [2.45, 2.75) is 18.0 Å². The van der Waals surface area contributed by atoms with Crippen LogP contribution in [0.15, 0.2) is 28.4 Å². The molecule has 0 aromatic carbocycles. The van der Waals surface area contributed by atoms with Gasteiger partial charge in [0.2, 0.25) is 0 Å². The molecular formula is C13H17N5O4S. The third-order valence-corrected chi connectivity index (χ3v) is 5.35. The van der Waals surface area contributed by atoms with E-state index in [1.165, 1.54) is 22.9 Å².